The number of ether oxygens (including phenoxy) is 2. The highest BCUT2D eigenvalue weighted by Crippen LogP contribution is 2.20. The summed E-state index contributed by atoms with van der Waals surface area (Å²) in [5, 5.41) is 6.88. The number of rotatable bonds is 6. The van der Waals surface area contributed by atoms with Gasteiger partial charge < -0.3 is 14.8 Å². The van der Waals surface area contributed by atoms with Crippen LogP contribution < -0.4 is 10.1 Å². The lowest BCUT2D eigenvalue weighted by Gasteiger charge is -2.15. The molecule has 0 aliphatic heterocycles. The van der Waals surface area contributed by atoms with Crippen molar-refractivity contribution >= 4 is 17.2 Å². The second-order valence-corrected chi connectivity index (χ2v) is 4.97. The highest BCUT2D eigenvalue weighted by atomic mass is 32.1. The van der Waals surface area contributed by atoms with Crippen LogP contribution in [-0.2, 0) is 4.74 Å². The van der Waals surface area contributed by atoms with Crippen LogP contribution >= 0.6 is 11.3 Å². The number of carbonyl (C=O) groups excluding carboxylic acids is 1. The molecule has 1 heterocycles. The zero-order valence-corrected chi connectivity index (χ0v) is 12.3. The van der Waals surface area contributed by atoms with Crippen molar-refractivity contribution in [1.82, 2.24) is 5.32 Å². The Balaban J connectivity index is 2.01. The van der Waals surface area contributed by atoms with Gasteiger partial charge in [0.2, 0.25) is 0 Å². The van der Waals surface area contributed by atoms with E-state index in [0.717, 1.165) is 5.56 Å². The predicted molar refractivity (Wildman–Crippen MR) is 79.4 cm³/mol. The molecule has 1 unspecified atom stereocenters. The van der Waals surface area contributed by atoms with Gasteiger partial charge in [0.05, 0.1) is 12.7 Å². The topological polar surface area (TPSA) is 47.6 Å². The molecular formula is C15H17NO3S. The van der Waals surface area contributed by atoms with Crippen molar-refractivity contribution < 1.29 is 14.3 Å². The minimum absolute atomic E-state index is 0.139. The highest BCUT2D eigenvalue weighted by molar-refractivity contribution is 7.07. The summed E-state index contributed by atoms with van der Waals surface area (Å²) < 4.78 is 10.6. The molecule has 20 heavy (non-hydrogen) atoms. The largest absolute Gasteiger partial charge is 0.496 e. The van der Waals surface area contributed by atoms with Crippen LogP contribution in [0.2, 0.25) is 0 Å². The molecule has 4 nitrogen and oxygen atoms in total. The summed E-state index contributed by atoms with van der Waals surface area (Å²) in [6, 6.07) is 9.14. The molecule has 0 saturated carbocycles. The summed E-state index contributed by atoms with van der Waals surface area (Å²) in [5.74, 6) is 0.397. The summed E-state index contributed by atoms with van der Waals surface area (Å²) in [4.78, 5) is 12.2. The molecule has 1 aromatic carbocycles. The second kappa shape index (κ2) is 7.07. The molecule has 0 spiro atoms. The van der Waals surface area contributed by atoms with E-state index in [9.17, 15) is 4.79 Å². The number of nitrogens with one attached hydrogen (secondary N) is 1. The molecule has 2 rings (SSSR count). The van der Waals surface area contributed by atoms with Crippen LogP contribution in [0.5, 0.6) is 5.75 Å². The van der Waals surface area contributed by atoms with Gasteiger partial charge in [0.15, 0.2) is 0 Å². The van der Waals surface area contributed by atoms with Gasteiger partial charge in [0.1, 0.15) is 11.9 Å². The summed E-state index contributed by atoms with van der Waals surface area (Å²) >= 11 is 1.61. The van der Waals surface area contributed by atoms with Crippen molar-refractivity contribution in [2.75, 3.05) is 20.8 Å². The lowest BCUT2D eigenvalue weighted by molar-refractivity contribution is 0.0827. The van der Waals surface area contributed by atoms with E-state index in [0.29, 0.717) is 17.9 Å². The van der Waals surface area contributed by atoms with E-state index in [-0.39, 0.29) is 12.0 Å². The Morgan fingerprint density at radius 1 is 1.30 bits per heavy atom. The van der Waals surface area contributed by atoms with E-state index in [1.165, 1.54) is 0 Å². The van der Waals surface area contributed by atoms with E-state index in [2.05, 4.69) is 5.32 Å². The molecule has 5 heteroatoms. The summed E-state index contributed by atoms with van der Waals surface area (Å²) in [7, 11) is 3.19. The Hall–Kier alpha value is -1.85. The average Bonchev–Trinajstić information content (AvgIpc) is 3.02. The third kappa shape index (κ3) is 3.37. The molecule has 0 bridgehead atoms. The maximum absolute atomic E-state index is 12.2. The molecule has 0 aliphatic rings. The van der Waals surface area contributed by atoms with Gasteiger partial charge in [0.25, 0.3) is 5.91 Å². The maximum atomic E-state index is 12.2. The van der Waals surface area contributed by atoms with Gasteiger partial charge in [-0.25, -0.2) is 0 Å². The first-order valence-electron chi connectivity index (χ1n) is 6.22. The molecule has 1 aromatic heterocycles. The third-order valence-electron chi connectivity index (χ3n) is 3.00. The molecule has 1 atom stereocenters. The summed E-state index contributed by atoms with van der Waals surface area (Å²) in [6.07, 6.45) is -0.139. The fourth-order valence-electron chi connectivity index (χ4n) is 1.91. The van der Waals surface area contributed by atoms with Gasteiger partial charge in [-0.3, -0.25) is 4.79 Å². The first kappa shape index (κ1) is 14.6. The molecule has 0 aliphatic carbocycles. The number of hydrogen-bond acceptors (Lipinski definition) is 4. The van der Waals surface area contributed by atoms with E-state index < -0.39 is 0 Å². The van der Waals surface area contributed by atoms with Crippen LogP contribution in [0.1, 0.15) is 22.0 Å². The molecule has 106 valence electrons. The number of thiophene rings is 1. The van der Waals surface area contributed by atoms with Crippen molar-refractivity contribution in [3.8, 4) is 5.75 Å². The molecule has 0 radical (unpaired) electrons. The quantitative estimate of drug-likeness (QED) is 0.890. The number of amides is 1. The van der Waals surface area contributed by atoms with Crippen molar-refractivity contribution in [3.63, 3.8) is 0 Å². The smallest absolute Gasteiger partial charge is 0.255 e. The van der Waals surface area contributed by atoms with Gasteiger partial charge in [-0.05, 0) is 34.5 Å². The van der Waals surface area contributed by atoms with Crippen molar-refractivity contribution in [3.05, 3.63) is 52.2 Å². The van der Waals surface area contributed by atoms with Gasteiger partial charge in [-0.1, -0.05) is 12.1 Å². The number of para-hydroxylation sites is 1. The van der Waals surface area contributed by atoms with Crippen molar-refractivity contribution in [1.29, 1.82) is 0 Å². The Bertz CT molecular complexity index is 554. The first-order valence-corrected chi connectivity index (χ1v) is 7.16. The van der Waals surface area contributed by atoms with Crippen LogP contribution in [0.3, 0.4) is 0 Å². The molecule has 2 aromatic rings. The van der Waals surface area contributed by atoms with Gasteiger partial charge in [-0.15, -0.1) is 0 Å². The van der Waals surface area contributed by atoms with Crippen LogP contribution in [0.15, 0.2) is 41.1 Å². The molecule has 1 N–H and O–H groups in total. The van der Waals surface area contributed by atoms with Gasteiger partial charge in [0, 0.05) is 13.7 Å². The van der Waals surface area contributed by atoms with Crippen LogP contribution in [0.4, 0.5) is 0 Å². The highest BCUT2D eigenvalue weighted by Gasteiger charge is 2.15. The summed E-state index contributed by atoms with van der Waals surface area (Å²) in [5.41, 5.74) is 1.59. The monoisotopic (exact) mass is 291 g/mol. The standard InChI is InChI=1S/C15H17NO3S/c1-18-13-6-4-3-5-12(13)15(17)16-9-14(19-2)11-7-8-20-10-11/h3-8,10,14H,9H2,1-2H3,(H,16,17). The first-order chi connectivity index (χ1) is 9.76. The number of methoxy groups -OCH3 is 2. The molecule has 0 fully saturated rings. The Kier molecular flexibility index (Phi) is 5.15. The zero-order chi connectivity index (χ0) is 14.4. The minimum atomic E-state index is -0.167. The fourth-order valence-corrected chi connectivity index (χ4v) is 2.61. The molecule has 1 amide bonds. The number of carbonyl (C=O) groups is 1. The van der Waals surface area contributed by atoms with Gasteiger partial charge >= 0.3 is 0 Å². The Morgan fingerprint density at radius 2 is 2.10 bits per heavy atom. The Morgan fingerprint density at radius 3 is 2.75 bits per heavy atom. The van der Waals surface area contributed by atoms with Crippen LogP contribution in [-0.4, -0.2) is 26.7 Å². The van der Waals surface area contributed by atoms with Crippen LogP contribution in [0, 0.1) is 0 Å². The SMILES string of the molecule is COc1ccccc1C(=O)NCC(OC)c1ccsc1. The zero-order valence-electron chi connectivity index (χ0n) is 11.5. The number of hydrogen-bond donors (Lipinski definition) is 1. The normalized spacial score (nSPS) is 11.9. The van der Waals surface area contributed by atoms with Crippen molar-refractivity contribution in [2.45, 2.75) is 6.10 Å². The Labute approximate surface area is 122 Å². The van der Waals surface area contributed by atoms with E-state index in [4.69, 9.17) is 9.47 Å². The minimum Gasteiger partial charge on any atom is -0.496 e. The van der Waals surface area contributed by atoms with Crippen LogP contribution in [0.25, 0.3) is 0 Å². The van der Waals surface area contributed by atoms with E-state index in [1.54, 1.807) is 37.7 Å². The summed E-state index contributed by atoms with van der Waals surface area (Å²) in [6.45, 7) is 0.421. The molecule has 0 saturated heterocycles. The predicted octanol–water partition coefficient (Wildman–Crippen LogP) is 2.87. The van der Waals surface area contributed by atoms with Gasteiger partial charge in [-0.2, -0.15) is 11.3 Å². The van der Waals surface area contributed by atoms with Crippen molar-refractivity contribution in [2.24, 2.45) is 0 Å². The molecular weight excluding hydrogens is 274 g/mol. The number of benzene rings is 1. The van der Waals surface area contributed by atoms with E-state index in [1.807, 2.05) is 29.0 Å². The fraction of sp³-hybridized carbons (Fsp3) is 0.267. The second-order valence-electron chi connectivity index (χ2n) is 4.19. The third-order valence-corrected chi connectivity index (χ3v) is 3.70. The average molecular weight is 291 g/mol. The lowest BCUT2D eigenvalue weighted by Crippen LogP contribution is -2.29. The lowest BCUT2D eigenvalue weighted by atomic mass is 10.1. The van der Waals surface area contributed by atoms with E-state index >= 15 is 0 Å². The maximum Gasteiger partial charge on any atom is 0.255 e.